The Kier molecular flexibility index (Phi) is 6.72. The van der Waals surface area contributed by atoms with Crippen LogP contribution in [0.4, 0.5) is 18.9 Å². The zero-order valence-corrected chi connectivity index (χ0v) is 15.5. The molecule has 0 bridgehead atoms. The summed E-state index contributed by atoms with van der Waals surface area (Å²) in [6.07, 6.45) is -4.72. The van der Waals surface area contributed by atoms with E-state index in [2.05, 4.69) is 0 Å². The number of carbonyl (C=O) groups is 1. The Morgan fingerprint density at radius 1 is 1.26 bits per heavy atom. The first-order valence-electron chi connectivity index (χ1n) is 7.59. The molecule has 0 heterocycles. The van der Waals surface area contributed by atoms with Gasteiger partial charge in [0.1, 0.15) is 11.5 Å². The second-order valence-corrected chi connectivity index (χ2v) is 7.00. The Morgan fingerprint density at radius 2 is 1.96 bits per heavy atom. The second kappa shape index (κ2) is 8.62. The average molecular weight is 420 g/mol. The molecule has 0 radical (unpaired) electrons. The molecule has 2 aromatic rings. The predicted octanol–water partition coefficient (Wildman–Crippen LogP) is 5.88. The van der Waals surface area contributed by atoms with Gasteiger partial charge in [-0.3, -0.25) is 14.9 Å². The van der Waals surface area contributed by atoms with Crippen LogP contribution >= 0.6 is 23.4 Å². The van der Waals surface area contributed by atoms with Crippen molar-refractivity contribution in [2.24, 2.45) is 0 Å². The summed E-state index contributed by atoms with van der Waals surface area (Å²) >= 11 is 6.87. The first-order valence-corrected chi connectivity index (χ1v) is 8.95. The minimum atomic E-state index is -4.54. The maximum Gasteiger partial charge on any atom is 0.416 e. The van der Waals surface area contributed by atoms with Crippen molar-refractivity contribution in [2.75, 3.05) is 5.75 Å². The molecular formula is C17H13ClF3NO4S. The van der Waals surface area contributed by atoms with E-state index in [1.54, 1.807) is 6.92 Å². The number of nitro benzene ring substituents is 1. The van der Waals surface area contributed by atoms with Crippen LogP contribution in [-0.4, -0.2) is 15.8 Å². The number of nitrogens with zero attached hydrogens (tertiary/aromatic N) is 1. The van der Waals surface area contributed by atoms with Crippen LogP contribution in [0.1, 0.15) is 18.1 Å². The van der Waals surface area contributed by atoms with Crippen LogP contribution in [0.2, 0.25) is 5.02 Å². The van der Waals surface area contributed by atoms with Gasteiger partial charge >= 0.3 is 6.18 Å². The Balaban J connectivity index is 2.31. The normalized spacial score (nSPS) is 11.3. The Hall–Kier alpha value is -2.26. The molecule has 0 aromatic heterocycles. The molecule has 10 heteroatoms. The van der Waals surface area contributed by atoms with Gasteiger partial charge in [0.2, 0.25) is 0 Å². The molecule has 0 aliphatic rings. The van der Waals surface area contributed by atoms with Gasteiger partial charge in [0.15, 0.2) is 5.12 Å². The van der Waals surface area contributed by atoms with Gasteiger partial charge in [0, 0.05) is 18.1 Å². The number of ether oxygens (including phenoxy) is 1. The number of hydrogen-bond donors (Lipinski definition) is 0. The molecule has 0 saturated carbocycles. The summed E-state index contributed by atoms with van der Waals surface area (Å²) in [7, 11) is 0. The summed E-state index contributed by atoms with van der Waals surface area (Å²) in [5.74, 6) is 0.606. The highest BCUT2D eigenvalue weighted by atomic mass is 35.5. The molecule has 0 spiro atoms. The molecule has 0 fully saturated rings. The van der Waals surface area contributed by atoms with Gasteiger partial charge in [0.25, 0.3) is 5.69 Å². The summed E-state index contributed by atoms with van der Waals surface area (Å²) < 4.78 is 43.5. The van der Waals surface area contributed by atoms with Crippen LogP contribution in [0.15, 0.2) is 36.4 Å². The third-order valence-electron chi connectivity index (χ3n) is 3.37. The predicted molar refractivity (Wildman–Crippen MR) is 96.5 cm³/mol. The van der Waals surface area contributed by atoms with E-state index in [1.165, 1.54) is 18.2 Å². The smallest absolute Gasteiger partial charge is 0.416 e. The van der Waals surface area contributed by atoms with Crippen molar-refractivity contribution in [1.29, 1.82) is 0 Å². The number of nitro groups is 1. The number of halogens is 4. The fraction of sp³-hybridized carbons (Fsp3) is 0.235. The van der Waals surface area contributed by atoms with Crippen LogP contribution in [0.5, 0.6) is 11.5 Å². The number of benzene rings is 2. The quantitative estimate of drug-likeness (QED) is 0.432. The highest BCUT2D eigenvalue weighted by Gasteiger charge is 2.31. The fourth-order valence-electron chi connectivity index (χ4n) is 2.20. The van der Waals surface area contributed by atoms with E-state index >= 15 is 0 Å². The maximum absolute atomic E-state index is 12.7. The lowest BCUT2D eigenvalue weighted by Gasteiger charge is -2.12. The highest BCUT2D eigenvalue weighted by molar-refractivity contribution is 8.13. The zero-order valence-electron chi connectivity index (χ0n) is 13.9. The molecule has 0 atom stereocenters. The van der Waals surface area contributed by atoms with Crippen molar-refractivity contribution < 1.29 is 27.6 Å². The number of hydrogen-bond acceptors (Lipinski definition) is 5. The van der Waals surface area contributed by atoms with Crippen molar-refractivity contribution in [1.82, 2.24) is 0 Å². The molecule has 27 heavy (non-hydrogen) atoms. The first-order chi connectivity index (χ1) is 12.6. The van der Waals surface area contributed by atoms with Crippen LogP contribution in [0, 0.1) is 10.1 Å². The van der Waals surface area contributed by atoms with Gasteiger partial charge in [-0.1, -0.05) is 30.3 Å². The minimum absolute atomic E-state index is 0.0428. The van der Waals surface area contributed by atoms with Crippen molar-refractivity contribution in [2.45, 2.75) is 19.5 Å². The van der Waals surface area contributed by atoms with Crippen LogP contribution < -0.4 is 4.74 Å². The van der Waals surface area contributed by atoms with Gasteiger partial charge in [-0.05, 0) is 36.1 Å². The molecular weight excluding hydrogens is 407 g/mol. The standard InChI is InChI=1S/C17H13ClF3NO4S/c1-2-27-16(23)8-10-7-12(4-5-14(10)22(24)25)26-15-6-3-11(9-13(15)18)17(19,20)21/h3-7,9H,2,8H2,1H3. The molecule has 0 unspecified atom stereocenters. The lowest BCUT2D eigenvalue weighted by Crippen LogP contribution is -2.05. The van der Waals surface area contributed by atoms with Crippen molar-refractivity contribution in [3.8, 4) is 11.5 Å². The van der Waals surface area contributed by atoms with Crippen molar-refractivity contribution >= 4 is 34.2 Å². The second-order valence-electron chi connectivity index (χ2n) is 5.27. The SMILES string of the molecule is CCSC(=O)Cc1cc(Oc2ccc(C(F)(F)F)cc2Cl)ccc1[N+](=O)[O-]. The summed E-state index contributed by atoms with van der Waals surface area (Å²) in [6.45, 7) is 1.78. The van der Waals surface area contributed by atoms with E-state index < -0.39 is 16.7 Å². The Labute approximate surface area is 161 Å². The van der Waals surface area contributed by atoms with Crippen molar-refractivity contribution in [3.63, 3.8) is 0 Å². The first kappa shape index (κ1) is 21.0. The van der Waals surface area contributed by atoms with Gasteiger partial charge < -0.3 is 4.74 Å². The van der Waals surface area contributed by atoms with E-state index in [1.807, 2.05) is 0 Å². The molecule has 144 valence electrons. The minimum Gasteiger partial charge on any atom is -0.456 e. The molecule has 0 aliphatic carbocycles. The lowest BCUT2D eigenvalue weighted by atomic mass is 10.1. The highest BCUT2D eigenvalue weighted by Crippen LogP contribution is 2.37. The monoisotopic (exact) mass is 419 g/mol. The number of thioether (sulfide) groups is 1. The number of carbonyl (C=O) groups excluding carboxylic acids is 1. The molecule has 2 rings (SSSR count). The lowest BCUT2D eigenvalue weighted by molar-refractivity contribution is -0.385. The van der Waals surface area contributed by atoms with E-state index in [0.29, 0.717) is 5.75 Å². The van der Waals surface area contributed by atoms with E-state index in [0.717, 1.165) is 30.0 Å². The molecule has 0 amide bonds. The van der Waals surface area contributed by atoms with E-state index in [-0.39, 0.29) is 39.3 Å². The maximum atomic E-state index is 12.7. The fourth-order valence-corrected chi connectivity index (χ4v) is 3.00. The number of alkyl halides is 3. The summed E-state index contributed by atoms with van der Waals surface area (Å²) in [4.78, 5) is 22.3. The molecule has 0 saturated heterocycles. The summed E-state index contributed by atoms with van der Waals surface area (Å²) in [6, 6.07) is 6.36. The summed E-state index contributed by atoms with van der Waals surface area (Å²) in [5, 5.41) is 10.6. The van der Waals surface area contributed by atoms with Crippen molar-refractivity contribution in [3.05, 3.63) is 62.7 Å². The third kappa shape index (κ3) is 5.61. The van der Waals surface area contributed by atoms with E-state index in [9.17, 15) is 28.1 Å². The van der Waals surface area contributed by atoms with Crippen LogP contribution in [0.25, 0.3) is 0 Å². The van der Waals surface area contributed by atoms with Gasteiger partial charge in [0.05, 0.1) is 15.5 Å². The van der Waals surface area contributed by atoms with Crippen LogP contribution in [-0.2, 0) is 17.4 Å². The van der Waals surface area contributed by atoms with Gasteiger partial charge in [-0.15, -0.1) is 0 Å². The average Bonchev–Trinajstić information content (AvgIpc) is 2.56. The zero-order chi connectivity index (χ0) is 20.2. The largest absolute Gasteiger partial charge is 0.456 e. The topological polar surface area (TPSA) is 69.4 Å². The van der Waals surface area contributed by atoms with Crippen LogP contribution in [0.3, 0.4) is 0 Å². The molecule has 0 aliphatic heterocycles. The van der Waals surface area contributed by atoms with Gasteiger partial charge in [-0.2, -0.15) is 13.2 Å². The van der Waals surface area contributed by atoms with Gasteiger partial charge in [-0.25, -0.2) is 0 Å². The number of rotatable bonds is 6. The molecule has 0 N–H and O–H groups in total. The molecule has 5 nitrogen and oxygen atoms in total. The Morgan fingerprint density at radius 3 is 2.52 bits per heavy atom. The summed E-state index contributed by atoms with van der Waals surface area (Å²) in [5.41, 5.74) is -1.02. The molecule has 2 aromatic carbocycles. The van der Waals surface area contributed by atoms with E-state index in [4.69, 9.17) is 16.3 Å². The Bertz CT molecular complexity index is 874. The third-order valence-corrected chi connectivity index (χ3v) is 4.43.